The van der Waals surface area contributed by atoms with E-state index in [9.17, 15) is 4.79 Å². The van der Waals surface area contributed by atoms with Gasteiger partial charge < -0.3 is 10.6 Å². The van der Waals surface area contributed by atoms with Gasteiger partial charge in [-0.25, -0.2) is 0 Å². The van der Waals surface area contributed by atoms with E-state index in [1.54, 1.807) is 4.90 Å². The lowest BCUT2D eigenvalue weighted by atomic mass is 10.0. The first-order valence-electron chi connectivity index (χ1n) is 6.05. The Hall–Kier alpha value is -1.35. The lowest BCUT2D eigenvalue weighted by Crippen LogP contribution is -2.34. The normalized spacial score (nSPS) is 14.1. The molecule has 1 rings (SSSR count). The summed E-state index contributed by atoms with van der Waals surface area (Å²) in [5.74, 6) is 0.459. The molecule has 0 saturated carbocycles. The molecule has 0 saturated heterocycles. The van der Waals surface area contributed by atoms with Gasteiger partial charge in [0.1, 0.15) is 0 Å². The number of likely N-dealkylation sites (N-methyl/N-ethyl adjacent to an activating group) is 1. The van der Waals surface area contributed by atoms with E-state index in [0.717, 1.165) is 6.54 Å². The van der Waals surface area contributed by atoms with Crippen LogP contribution in [0.25, 0.3) is 0 Å². The quantitative estimate of drug-likeness (QED) is 0.847. The van der Waals surface area contributed by atoms with Crippen LogP contribution >= 0.6 is 0 Å². The Morgan fingerprint density at radius 1 is 1.29 bits per heavy atom. The molecule has 0 aliphatic heterocycles. The molecule has 1 aromatic rings. The van der Waals surface area contributed by atoms with Crippen molar-refractivity contribution in [2.45, 2.75) is 32.2 Å². The van der Waals surface area contributed by atoms with Crippen LogP contribution in [-0.4, -0.2) is 30.4 Å². The fourth-order valence-corrected chi connectivity index (χ4v) is 1.83. The van der Waals surface area contributed by atoms with E-state index in [-0.39, 0.29) is 11.9 Å². The molecule has 2 atom stereocenters. The maximum absolute atomic E-state index is 11.8. The first-order valence-corrected chi connectivity index (χ1v) is 6.05. The minimum atomic E-state index is -0.0722. The van der Waals surface area contributed by atoms with Crippen molar-refractivity contribution in [3.63, 3.8) is 0 Å². The molecule has 1 aromatic carbocycles. The Balaban J connectivity index is 2.51. The number of hydrogen-bond donors (Lipinski definition) is 1. The molecule has 1 amide bonds. The van der Waals surface area contributed by atoms with Gasteiger partial charge >= 0.3 is 0 Å². The van der Waals surface area contributed by atoms with Crippen molar-refractivity contribution in [2.24, 2.45) is 5.73 Å². The van der Waals surface area contributed by atoms with Crippen LogP contribution in [-0.2, 0) is 4.79 Å². The van der Waals surface area contributed by atoms with Crippen LogP contribution in [0.4, 0.5) is 0 Å². The summed E-state index contributed by atoms with van der Waals surface area (Å²) in [6.07, 6.45) is 0.415. The highest BCUT2D eigenvalue weighted by Gasteiger charge is 2.14. The van der Waals surface area contributed by atoms with Gasteiger partial charge in [-0.15, -0.1) is 0 Å². The Morgan fingerprint density at radius 2 is 1.88 bits per heavy atom. The second-order valence-corrected chi connectivity index (χ2v) is 4.77. The van der Waals surface area contributed by atoms with Crippen LogP contribution in [0.5, 0.6) is 0 Å². The van der Waals surface area contributed by atoms with Gasteiger partial charge in [-0.2, -0.15) is 0 Å². The third kappa shape index (κ3) is 4.57. The minimum Gasteiger partial charge on any atom is -0.345 e. The maximum atomic E-state index is 11.8. The second-order valence-electron chi connectivity index (χ2n) is 4.77. The molecule has 0 aliphatic rings. The fraction of sp³-hybridized carbons (Fsp3) is 0.500. The molecular weight excluding hydrogens is 212 g/mol. The largest absolute Gasteiger partial charge is 0.345 e. The van der Waals surface area contributed by atoms with E-state index in [4.69, 9.17) is 5.73 Å². The predicted octanol–water partition coefficient (Wildman–Crippen LogP) is 1.99. The van der Waals surface area contributed by atoms with Gasteiger partial charge in [0.2, 0.25) is 5.91 Å². The predicted molar refractivity (Wildman–Crippen MR) is 70.8 cm³/mol. The summed E-state index contributed by atoms with van der Waals surface area (Å²) in [5, 5.41) is 0. The number of benzene rings is 1. The van der Waals surface area contributed by atoms with Gasteiger partial charge in [-0.05, 0) is 18.4 Å². The second kappa shape index (κ2) is 6.40. The Labute approximate surface area is 104 Å². The summed E-state index contributed by atoms with van der Waals surface area (Å²) in [6.45, 7) is 4.72. The van der Waals surface area contributed by atoms with E-state index in [0.29, 0.717) is 12.3 Å². The molecule has 0 heterocycles. The van der Waals surface area contributed by atoms with Gasteiger partial charge in [-0.3, -0.25) is 4.79 Å². The molecule has 17 heavy (non-hydrogen) atoms. The minimum absolute atomic E-state index is 0.0722. The van der Waals surface area contributed by atoms with E-state index in [1.165, 1.54) is 5.56 Å². The van der Waals surface area contributed by atoms with Crippen LogP contribution in [0.1, 0.15) is 31.7 Å². The summed E-state index contributed by atoms with van der Waals surface area (Å²) in [4.78, 5) is 13.5. The van der Waals surface area contributed by atoms with Crippen molar-refractivity contribution in [3.05, 3.63) is 35.9 Å². The molecule has 0 radical (unpaired) electrons. The van der Waals surface area contributed by atoms with Crippen molar-refractivity contribution in [2.75, 3.05) is 13.6 Å². The summed E-state index contributed by atoms with van der Waals surface area (Å²) in [6, 6.07) is 10.2. The average molecular weight is 234 g/mol. The van der Waals surface area contributed by atoms with Crippen LogP contribution < -0.4 is 5.73 Å². The van der Waals surface area contributed by atoms with E-state index in [2.05, 4.69) is 19.1 Å². The molecule has 0 aliphatic carbocycles. The average Bonchev–Trinajstić information content (AvgIpc) is 2.29. The van der Waals surface area contributed by atoms with E-state index < -0.39 is 0 Å². The molecule has 0 fully saturated rings. The van der Waals surface area contributed by atoms with Gasteiger partial charge in [-0.1, -0.05) is 37.3 Å². The van der Waals surface area contributed by atoms with Crippen LogP contribution in [0.2, 0.25) is 0 Å². The smallest absolute Gasteiger partial charge is 0.223 e. The fourth-order valence-electron chi connectivity index (χ4n) is 1.83. The molecule has 0 aromatic heterocycles. The highest BCUT2D eigenvalue weighted by Crippen LogP contribution is 2.15. The molecule has 0 bridgehead atoms. The number of rotatable bonds is 5. The van der Waals surface area contributed by atoms with Gasteiger partial charge in [0.15, 0.2) is 0 Å². The van der Waals surface area contributed by atoms with Crippen LogP contribution in [0.15, 0.2) is 30.3 Å². The summed E-state index contributed by atoms with van der Waals surface area (Å²) >= 11 is 0. The number of amides is 1. The number of nitrogens with two attached hydrogens (primary N) is 1. The molecule has 94 valence electrons. The van der Waals surface area contributed by atoms with Crippen LogP contribution in [0, 0.1) is 0 Å². The molecule has 2 unspecified atom stereocenters. The van der Waals surface area contributed by atoms with Gasteiger partial charge in [0.25, 0.3) is 0 Å². The van der Waals surface area contributed by atoms with Gasteiger partial charge in [0, 0.05) is 26.1 Å². The molecule has 2 N–H and O–H groups in total. The number of nitrogens with zero attached hydrogens (tertiary/aromatic N) is 1. The maximum Gasteiger partial charge on any atom is 0.223 e. The lowest BCUT2D eigenvalue weighted by molar-refractivity contribution is -0.130. The van der Waals surface area contributed by atoms with Crippen molar-refractivity contribution in [1.82, 2.24) is 4.90 Å². The van der Waals surface area contributed by atoms with Crippen molar-refractivity contribution in [1.29, 1.82) is 0 Å². The Kier molecular flexibility index (Phi) is 5.16. The van der Waals surface area contributed by atoms with Crippen molar-refractivity contribution < 1.29 is 4.79 Å². The third-order valence-electron chi connectivity index (χ3n) is 2.84. The standard InChI is InChI=1S/C14H22N2O/c1-11(13-7-5-4-6-8-13)10-16(3)14(17)9-12(2)15/h4-8,11-12H,9-10,15H2,1-3H3. The molecule has 0 spiro atoms. The number of carbonyl (C=O) groups is 1. The lowest BCUT2D eigenvalue weighted by Gasteiger charge is -2.22. The Morgan fingerprint density at radius 3 is 2.41 bits per heavy atom. The monoisotopic (exact) mass is 234 g/mol. The topological polar surface area (TPSA) is 46.3 Å². The highest BCUT2D eigenvalue weighted by atomic mass is 16.2. The number of hydrogen-bond acceptors (Lipinski definition) is 2. The first kappa shape index (κ1) is 13.7. The van der Waals surface area contributed by atoms with Crippen molar-refractivity contribution >= 4 is 5.91 Å². The summed E-state index contributed by atoms with van der Waals surface area (Å²) in [5.41, 5.74) is 6.88. The van der Waals surface area contributed by atoms with Gasteiger partial charge in [0.05, 0.1) is 0 Å². The SMILES string of the molecule is CC(N)CC(=O)N(C)CC(C)c1ccccc1. The molecular formula is C14H22N2O. The van der Waals surface area contributed by atoms with Crippen LogP contribution in [0.3, 0.4) is 0 Å². The number of carbonyl (C=O) groups excluding carboxylic acids is 1. The summed E-state index contributed by atoms with van der Waals surface area (Å²) < 4.78 is 0. The highest BCUT2D eigenvalue weighted by molar-refractivity contribution is 5.76. The van der Waals surface area contributed by atoms with E-state index >= 15 is 0 Å². The first-order chi connectivity index (χ1) is 8.00. The molecule has 3 nitrogen and oxygen atoms in total. The third-order valence-corrected chi connectivity index (χ3v) is 2.84. The molecule has 3 heteroatoms. The Bertz CT molecular complexity index is 348. The zero-order valence-electron chi connectivity index (χ0n) is 10.9. The summed E-state index contributed by atoms with van der Waals surface area (Å²) in [7, 11) is 1.84. The van der Waals surface area contributed by atoms with Crippen molar-refractivity contribution in [3.8, 4) is 0 Å². The van der Waals surface area contributed by atoms with E-state index in [1.807, 2.05) is 32.2 Å². The zero-order chi connectivity index (χ0) is 12.8. The zero-order valence-corrected chi connectivity index (χ0v) is 10.9.